The number of carboxylic acids is 1. The Morgan fingerprint density at radius 1 is 1.33 bits per heavy atom. The van der Waals surface area contributed by atoms with Crippen LogP contribution < -0.4 is 0 Å². The largest absolute Gasteiger partial charge is 0.481 e. The van der Waals surface area contributed by atoms with E-state index in [2.05, 4.69) is 0 Å². The molecule has 1 fully saturated rings. The van der Waals surface area contributed by atoms with Crippen LogP contribution in [0.2, 0.25) is 0 Å². The normalized spacial score (nSPS) is 23.4. The maximum Gasteiger partial charge on any atom is 0.305 e. The molecule has 0 unspecified atom stereocenters. The Hall–Kier alpha value is -2.47. The third kappa shape index (κ3) is 3.95. The molecule has 1 N–H and O–H groups in total. The van der Waals surface area contributed by atoms with Crippen molar-refractivity contribution in [3.05, 3.63) is 11.3 Å². The lowest BCUT2D eigenvalue weighted by atomic mass is 10.0. The summed E-state index contributed by atoms with van der Waals surface area (Å²) in [6.07, 6.45) is -1.55. The van der Waals surface area contributed by atoms with Gasteiger partial charge in [-0.25, -0.2) is 8.42 Å². The standard InChI is InChI=1S/C15H20N2O9S/c1-8(18)26-6-9-7-27(23,24)15-12(25-3)14(22)17(15)11(9)13(21)16(2)5-4-10(19)20/h12,15H,4-7H2,1-3H3,(H,19,20)/t12-,15+/m0/s1. The third-order valence-corrected chi connectivity index (χ3v) is 6.17. The Morgan fingerprint density at radius 2 is 1.96 bits per heavy atom. The zero-order valence-corrected chi connectivity index (χ0v) is 15.8. The summed E-state index contributed by atoms with van der Waals surface area (Å²) in [4.78, 5) is 48.9. The van der Waals surface area contributed by atoms with Crippen molar-refractivity contribution in [3.63, 3.8) is 0 Å². The molecule has 0 radical (unpaired) electrons. The van der Waals surface area contributed by atoms with Crippen LogP contribution in [0.25, 0.3) is 0 Å². The molecule has 11 nitrogen and oxygen atoms in total. The van der Waals surface area contributed by atoms with Gasteiger partial charge in [0.15, 0.2) is 21.3 Å². The second-order valence-corrected chi connectivity index (χ2v) is 8.26. The van der Waals surface area contributed by atoms with Gasteiger partial charge in [-0.2, -0.15) is 0 Å². The fraction of sp³-hybridized carbons (Fsp3) is 0.600. The van der Waals surface area contributed by atoms with Crippen LogP contribution >= 0.6 is 0 Å². The number of carboxylic acid groups (broad SMARTS) is 1. The number of sulfone groups is 1. The zero-order valence-electron chi connectivity index (χ0n) is 15.0. The Bertz CT molecular complexity index is 817. The van der Waals surface area contributed by atoms with E-state index in [0.29, 0.717) is 0 Å². The molecular formula is C15H20N2O9S. The number of likely N-dealkylation sites (N-methyl/N-ethyl adjacent to an activating group) is 1. The number of β-lactam (4-membered cyclic amide) rings is 1. The molecule has 2 aliphatic rings. The average Bonchev–Trinajstić information content (AvgIpc) is 2.57. The van der Waals surface area contributed by atoms with Crippen molar-refractivity contribution < 1.29 is 42.2 Å². The predicted octanol–water partition coefficient (Wildman–Crippen LogP) is -1.65. The molecule has 150 valence electrons. The van der Waals surface area contributed by atoms with Gasteiger partial charge in [-0.15, -0.1) is 0 Å². The van der Waals surface area contributed by atoms with E-state index in [1.165, 1.54) is 14.2 Å². The van der Waals surface area contributed by atoms with Gasteiger partial charge < -0.3 is 19.5 Å². The van der Waals surface area contributed by atoms with E-state index in [-0.39, 0.29) is 24.2 Å². The lowest BCUT2D eigenvalue weighted by molar-refractivity contribution is -0.161. The summed E-state index contributed by atoms with van der Waals surface area (Å²) in [5, 5.41) is 7.42. The van der Waals surface area contributed by atoms with Crippen LogP contribution in [0.15, 0.2) is 11.3 Å². The molecule has 27 heavy (non-hydrogen) atoms. The highest BCUT2D eigenvalue weighted by molar-refractivity contribution is 7.92. The molecular weight excluding hydrogens is 384 g/mol. The van der Waals surface area contributed by atoms with Crippen molar-refractivity contribution in [2.24, 2.45) is 0 Å². The highest BCUT2D eigenvalue weighted by Crippen LogP contribution is 2.38. The van der Waals surface area contributed by atoms with Gasteiger partial charge in [0.2, 0.25) is 0 Å². The van der Waals surface area contributed by atoms with E-state index >= 15 is 0 Å². The van der Waals surface area contributed by atoms with Gasteiger partial charge in [-0.1, -0.05) is 0 Å². The van der Waals surface area contributed by atoms with Crippen LogP contribution in [0.1, 0.15) is 13.3 Å². The lowest BCUT2D eigenvalue weighted by Crippen LogP contribution is -2.71. The molecule has 2 atom stereocenters. The van der Waals surface area contributed by atoms with Gasteiger partial charge in [0.1, 0.15) is 12.3 Å². The molecule has 0 aromatic rings. The third-order valence-electron chi connectivity index (χ3n) is 4.23. The number of esters is 1. The number of ether oxygens (including phenoxy) is 2. The Morgan fingerprint density at radius 3 is 2.48 bits per heavy atom. The molecule has 0 aromatic carbocycles. The van der Waals surface area contributed by atoms with E-state index in [9.17, 15) is 27.6 Å². The summed E-state index contributed by atoms with van der Waals surface area (Å²) in [6, 6.07) is 0. The first-order valence-corrected chi connectivity index (χ1v) is 9.63. The summed E-state index contributed by atoms with van der Waals surface area (Å²) in [5.41, 5.74) is -0.265. The first-order valence-electron chi connectivity index (χ1n) is 7.91. The molecule has 0 spiro atoms. The Kier molecular flexibility index (Phi) is 5.90. The number of rotatable bonds is 7. The smallest absolute Gasteiger partial charge is 0.305 e. The maximum absolute atomic E-state index is 12.8. The number of fused-ring (bicyclic) bond motifs is 1. The molecule has 2 aliphatic heterocycles. The number of nitrogens with zero attached hydrogens (tertiary/aromatic N) is 2. The summed E-state index contributed by atoms with van der Waals surface area (Å²) in [5.74, 6) is -3.82. The fourth-order valence-corrected chi connectivity index (χ4v) is 4.92. The molecule has 0 aliphatic carbocycles. The quantitative estimate of drug-likeness (QED) is 0.389. The minimum atomic E-state index is -3.87. The summed E-state index contributed by atoms with van der Waals surface area (Å²) >= 11 is 0. The number of aliphatic carboxylic acids is 1. The SMILES string of the molecule is CO[C@H]1C(=O)N2C(C(=O)N(C)CCC(=O)O)=C(COC(C)=O)CS(=O)(=O)[C@H]12. The van der Waals surface area contributed by atoms with E-state index in [0.717, 1.165) is 16.7 Å². The van der Waals surface area contributed by atoms with Crippen molar-refractivity contribution in [3.8, 4) is 0 Å². The number of hydrogen-bond acceptors (Lipinski definition) is 8. The lowest BCUT2D eigenvalue weighted by Gasteiger charge is -2.49. The highest BCUT2D eigenvalue weighted by Gasteiger charge is 2.60. The fourth-order valence-electron chi connectivity index (χ4n) is 2.91. The predicted molar refractivity (Wildman–Crippen MR) is 88.8 cm³/mol. The van der Waals surface area contributed by atoms with E-state index < -0.39 is 57.4 Å². The topological polar surface area (TPSA) is 148 Å². The summed E-state index contributed by atoms with van der Waals surface area (Å²) in [7, 11) is -1.35. The average molecular weight is 404 g/mol. The van der Waals surface area contributed by atoms with Gasteiger partial charge >= 0.3 is 11.9 Å². The first kappa shape index (κ1) is 20.8. The number of methoxy groups -OCH3 is 1. The minimum Gasteiger partial charge on any atom is -0.481 e. The summed E-state index contributed by atoms with van der Waals surface area (Å²) < 4.78 is 34.8. The maximum atomic E-state index is 12.8. The Balaban J connectivity index is 2.44. The van der Waals surface area contributed by atoms with Crippen LogP contribution in [0.4, 0.5) is 0 Å². The van der Waals surface area contributed by atoms with Crippen molar-refractivity contribution in [1.82, 2.24) is 9.80 Å². The molecule has 0 saturated carbocycles. The van der Waals surface area contributed by atoms with Crippen LogP contribution in [-0.2, 0) is 38.5 Å². The van der Waals surface area contributed by atoms with Gasteiger partial charge in [0.25, 0.3) is 11.8 Å². The highest BCUT2D eigenvalue weighted by atomic mass is 32.2. The van der Waals surface area contributed by atoms with Gasteiger partial charge in [-0.3, -0.25) is 24.1 Å². The minimum absolute atomic E-state index is 0.0449. The van der Waals surface area contributed by atoms with Crippen molar-refractivity contribution in [2.75, 3.05) is 33.1 Å². The van der Waals surface area contributed by atoms with Gasteiger partial charge in [-0.05, 0) is 0 Å². The van der Waals surface area contributed by atoms with Gasteiger partial charge in [0.05, 0.1) is 12.2 Å². The van der Waals surface area contributed by atoms with Crippen molar-refractivity contribution in [1.29, 1.82) is 0 Å². The number of amides is 2. The molecule has 2 heterocycles. The number of hydrogen-bond donors (Lipinski definition) is 1. The molecule has 2 rings (SSSR count). The van der Waals surface area contributed by atoms with Crippen LogP contribution in [-0.4, -0.2) is 91.6 Å². The second kappa shape index (κ2) is 7.64. The van der Waals surface area contributed by atoms with Crippen molar-refractivity contribution >= 4 is 33.6 Å². The van der Waals surface area contributed by atoms with Crippen LogP contribution in [0.5, 0.6) is 0 Å². The monoisotopic (exact) mass is 404 g/mol. The van der Waals surface area contributed by atoms with E-state index in [1.54, 1.807) is 0 Å². The van der Waals surface area contributed by atoms with E-state index in [1.807, 2.05) is 0 Å². The second-order valence-electron chi connectivity index (χ2n) is 6.17. The molecule has 12 heteroatoms. The summed E-state index contributed by atoms with van der Waals surface area (Å²) in [6.45, 7) is 0.499. The van der Waals surface area contributed by atoms with Crippen molar-refractivity contribution in [2.45, 2.75) is 24.8 Å². The molecule has 0 aromatic heterocycles. The first-order chi connectivity index (χ1) is 12.5. The molecule has 0 bridgehead atoms. The van der Waals surface area contributed by atoms with Crippen LogP contribution in [0.3, 0.4) is 0 Å². The van der Waals surface area contributed by atoms with Gasteiger partial charge in [0, 0.05) is 33.2 Å². The number of carbonyl (C=O) groups excluding carboxylic acids is 3. The number of carbonyl (C=O) groups is 4. The molecule has 1 saturated heterocycles. The Labute approximate surface area is 155 Å². The van der Waals surface area contributed by atoms with E-state index in [4.69, 9.17) is 14.6 Å². The van der Waals surface area contributed by atoms with Crippen LogP contribution in [0, 0.1) is 0 Å². The zero-order chi connectivity index (χ0) is 20.5. The molecule has 2 amide bonds.